The third-order valence-electron chi connectivity index (χ3n) is 9.39. The predicted molar refractivity (Wildman–Crippen MR) is 105 cm³/mol. The monoisotopic (exact) mass is 342 g/mol. The highest BCUT2D eigenvalue weighted by atomic mass is 16.3. The van der Waals surface area contributed by atoms with E-state index in [0.717, 1.165) is 36.0 Å². The third-order valence-corrected chi connectivity index (χ3v) is 9.39. The van der Waals surface area contributed by atoms with Crippen molar-refractivity contribution in [2.45, 2.75) is 84.7 Å². The maximum Gasteiger partial charge on any atom is 0.0724 e. The Bertz CT molecular complexity index is 562. The van der Waals surface area contributed by atoms with Crippen LogP contribution in [-0.4, -0.2) is 11.2 Å². The van der Waals surface area contributed by atoms with Gasteiger partial charge in [-0.3, -0.25) is 0 Å². The first-order chi connectivity index (χ1) is 11.9. The molecule has 0 radical (unpaired) electrons. The second-order valence-electron chi connectivity index (χ2n) is 10.4. The fourth-order valence-corrected chi connectivity index (χ4v) is 8.11. The zero-order chi connectivity index (χ0) is 17.8. The van der Waals surface area contributed by atoms with E-state index in [1.54, 1.807) is 5.57 Å². The summed E-state index contributed by atoms with van der Waals surface area (Å²) in [5, 5.41) is 10.1. The lowest BCUT2D eigenvalue weighted by Gasteiger charge is -2.59. The predicted octanol–water partition coefficient (Wildman–Crippen LogP) is 6.14. The molecule has 0 aliphatic heterocycles. The van der Waals surface area contributed by atoms with Gasteiger partial charge < -0.3 is 5.11 Å². The van der Waals surface area contributed by atoms with Crippen LogP contribution in [0.4, 0.5) is 0 Å². The van der Waals surface area contributed by atoms with E-state index in [9.17, 15) is 5.11 Å². The van der Waals surface area contributed by atoms with Crippen molar-refractivity contribution in [1.82, 2.24) is 0 Å². The van der Waals surface area contributed by atoms with Gasteiger partial charge >= 0.3 is 0 Å². The van der Waals surface area contributed by atoms with Crippen LogP contribution >= 0.6 is 0 Å². The highest BCUT2D eigenvalue weighted by Crippen LogP contribution is 2.67. The lowest BCUT2D eigenvalue weighted by atomic mass is 9.46. The number of aliphatic hydroxyl groups is 1. The molecule has 4 rings (SSSR count). The summed E-state index contributed by atoms with van der Waals surface area (Å²) in [6, 6.07) is 0. The Labute approximate surface area is 155 Å². The molecule has 4 aliphatic carbocycles. The zero-order valence-corrected chi connectivity index (χ0v) is 16.6. The summed E-state index contributed by atoms with van der Waals surface area (Å²) in [5.74, 6) is 4.43. The largest absolute Gasteiger partial charge is 0.389 e. The minimum absolute atomic E-state index is 0.177. The summed E-state index contributed by atoms with van der Waals surface area (Å²) in [5.41, 5.74) is 2.55. The smallest absolute Gasteiger partial charge is 0.0724 e. The molecule has 8 atom stereocenters. The summed E-state index contributed by atoms with van der Waals surface area (Å²) in [6.45, 7) is 11.6. The first-order valence-electron chi connectivity index (χ1n) is 10.9. The average molecular weight is 343 g/mol. The molecule has 1 heteroatoms. The topological polar surface area (TPSA) is 20.2 Å². The Morgan fingerprint density at radius 3 is 2.72 bits per heavy atom. The molecule has 0 amide bonds. The SMILES string of the molecule is C=CCC(C)C1CCC2C3CCC4=CC(O)CCC4(C)C3CCC12C. The van der Waals surface area contributed by atoms with Gasteiger partial charge in [0.05, 0.1) is 6.10 Å². The molecular weight excluding hydrogens is 304 g/mol. The van der Waals surface area contributed by atoms with Gasteiger partial charge in [-0.15, -0.1) is 6.58 Å². The number of aliphatic hydroxyl groups excluding tert-OH is 1. The maximum atomic E-state index is 10.1. The van der Waals surface area contributed by atoms with Crippen molar-refractivity contribution in [1.29, 1.82) is 0 Å². The number of hydrogen-bond donors (Lipinski definition) is 1. The van der Waals surface area contributed by atoms with E-state index in [2.05, 4.69) is 39.5 Å². The van der Waals surface area contributed by atoms with E-state index in [-0.39, 0.29) is 6.10 Å². The molecule has 1 N–H and O–H groups in total. The third kappa shape index (κ3) is 2.59. The zero-order valence-electron chi connectivity index (χ0n) is 16.6. The van der Waals surface area contributed by atoms with Gasteiger partial charge in [0.15, 0.2) is 0 Å². The highest BCUT2D eigenvalue weighted by Gasteiger charge is 2.59. The van der Waals surface area contributed by atoms with Gasteiger partial charge in [-0.05, 0) is 98.2 Å². The van der Waals surface area contributed by atoms with E-state index in [4.69, 9.17) is 0 Å². The van der Waals surface area contributed by atoms with Crippen LogP contribution in [0.5, 0.6) is 0 Å². The van der Waals surface area contributed by atoms with E-state index < -0.39 is 0 Å². The van der Waals surface area contributed by atoms with Crippen LogP contribution < -0.4 is 0 Å². The standard InChI is InChI=1S/C24H38O/c1-5-6-16(2)20-9-10-21-19-8-7-17-15-18(25)11-13-23(17,3)22(19)12-14-24(20,21)4/h5,15-16,18-22,25H,1,6-14H2,2-4H3. The van der Waals surface area contributed by atoms with Crippen LogP contribution in [0.25, 0.3) is 0 Å². The summed E-state index contributed by atoms with van der Waals surface area (Å²) in [6.07, 6.45) is 15.9. The van der Waals surface area contributed by atoms with E-state index in [0.29, 0.717) is 10.8 Å². The molecule has 0 spiro atoms. The van der Waals surface area contributed by atoms with Crippen molar-refractivity contribution in [3.63, 3.8) is 0 Å². The fraction of sp³-hybridized carbons (Fsp3) is 0.833. The molecule has 0 bridgehead atoms. The quantitative estimate of drug-likeness (QED) is 0.611. The number of fused-ring (bicyclic) bond motifs is 5. The fourth-order valence-electron chi connectivity index (χ4n) is 8.11. The van der Waals surface area contributed by atoms with Crippen LogP contribution in [0.3, 0.4) is 0 Å². The van der Waals surface area contributed by atoms with Gasteiger partial charge in [0.25, 0.3) is 0 Å². The molecule has 0 aromatic carbocycles. The molecule has 1 nitrogen and oxygen atoms in total. The van der Waals surface area contributed by atoms with Crippen molar-refractivity contribution in [3.8, 4) is 0 Å². The Kier molecular flexibility index (Phi) is 4.46. The molecule has 25 heavy (non-hydrogen) atoms. The van der Waals surface area contributed by atoms with Crippen LogP contribution in [0.15, 0.2) is 24.3 Å². The van der Waals surface area contributed by atoms with Crippen molar-refractivity contribution < 1.29 is 5.11 Å². The van der Waals surface area contributed by atoms with E-state index in [1.165, 1.54) is 51.4 Å². The minimum atomic E-state index is -0.177. The van der Waals surface area contributed by atoms with Crippen molar-refractivity contribution in [2.24, 2.45) is 40.4 Å². The molecule has 140 valence electrons. The Balaban J connectivity index is 1.60. The van der Waals surface area contributed by atoms with Gasteiger partial charge in [0, 0.05) is 0 Å². The van der Waals surface area contributed by atoms with Crippen molar-refractivity contribution in [2.75, 3.05) is 0 Å². The van der Waals surface area contributed by atoms with Gasteiger partial charge in [-0.1, -0.05) is 38.5 Å². The van der Waals surface area contributed by atoms with Crippen LogP contribution in [-0.2, 0) is 0 Å². The number of allylic oxidation sites excluding steroid dienone is 2. The van der Waals surface area contributed by atoms with E-state index in [1.807, 2.05) is 0 Å². The molecule has 8 unspecified atom stereocenters. The second-order valence-corrected chi connectivity index (χ2v) is 10.4. The maximum absolute atomic E-state index is 10.1. The first-order valence-corrected chi connectivity index (χ1v) is 10.9. The van der Waals surface area contributed by atoms with Crippen molar-refractivity contribution >= 4 is 0 Å². The van der Waals surface area contributed by atoms with Gasteiger partial charge in [-0.2, -0.15) is 0 Å². The van der Waals surface area contributed by atoms with Gasteiger partial charge in [-0.25, -0.2) is 0 Å². The Morgan fingerprint density at radius 2 is 1.96 bits per heavy atom. The molecule has 0 aromatic heterocycles. The average Bonchev–Trinajstić information content (AvgIpc) is 2.93. The molecule has 0 saturated heterocycles. The van der Waals surface area contributed by atoms with Crippen LogP contribution in [0.1, 0.15) is 78.6 Å². The summed E-state index contributed by atoms with van der Waals surface area (Å²) in [7, 11) is 0. The Hall–Kier alpha value is -0.560. The Morgan fingerprint density at radius 1 is 1.16 bits per heavy atom. The lowest BCUT2D eigenvalue weighted by molar-refractivity contribution is -0.0619. The molecule has 4 aliphatic rings. The summed E-state index contributed by atoms with van der Waals surface area (Å²) >= 11 is 0. The number of hydrogen-bond acceptors (Lipinski definition) is 1. The van der Waals surface area contributed by atoms with Gasteiger partial charge in [0.1, 0.15) is 0 Å². The molecular formula is C24H38O. The normalized spacial score (nSPS) is 50.2. The second kappa shape index (κ2) is 6.25. The molecule has 3 saturated carbocycles. The molecule has 0 aromatic rings. The highest BCUT2D eigenvalue weighted by molar-refractivity contribution is 5.25. The van der Waals surface area contributed by atoms with Gasteiger partial charge in [0.2, 0.25) is 0 Å². The number of rotatable bonds is 3. The summed E-state index contributed by atoms with van der Waals surface area (Å²) < 4.78 is 0. The first kappa shape index (κ1) is 17.8. The van der Waals surface area contributed by atoms with Crippen molar-refractivity contribution in [3.05, 3.63) is 24.3 Å². The minimum Gasteiger partial charge on any atom is -0.389 e. The van der Waals surface area contributed by atoms with E-state index >= 15 is 0 Å². The summed E-state index contributed by atoms with van der Waals surface area (Å²) in [4.78, 5) is 0. The lowest BCUT2D eigenvalue weighted by Crippen LogP contribution is -2.51. The molecule has 3 fully saturated rings. The van der Waals surface area contributed by atoms with Crippen LogP contribution in [0, 0.1) is 40.4 Å². The van der Waals surface area contributed by atoms with Crippen LogP contribution in [0.2, 0.25) is 0 Å². The molecule has 0 heterocycles.